The number of benzene rings is 1. The molecule has 0 unspecified atom stereocenters. The molecule has 0 spiro atoms. The Morgan fingerprint density at radius 3 is 2.56 bits per heavy atom. The highest BCUT2D eigenvalue weighted by Gasteiger charge is 2.36. The second-order valence-corrected chi connectivity index (χ2v) is 4.16. The van der Waals surface area contributed by atoms with Crippen molar-refractivity contribution in [2.75, 3.05) is 6.61 Å². The molecule has 1 aromatic rings. The van der Waals surface area contributed by atoms with Gasteiger partial charge in [0.2, 0.25) is 0 Å². The highest BCUT2D eigenvalue weighted by atomic mass is 16.7. The van der Waals surface area contributed by atoms with E-state index in [2.05, 4.69) is 0 Å². The van der Waals surface area contributed by atoms with Crippen LogP contribution in [0.3, 0.4) is 0 Å². The van der Waals surface area contributed by atoms with Crippen molar-refractivity contribution < 1.29 is 19.0 Å². The number of ether oxygens (including phenoxy) is 3. The van der Waals surface area contributed by atoms with E-state index in [-0.39, 0.29) is 0 Å². The zero-order valence-electron chi connectivity index (χ0n) is 10.7. The summed E-state index contributed by atoms with van der Waals surface area (Å²) < 4.78 is 16.6. The van der Waals surface area contributed by atoms with Crippen LogP contribution >= 0.6 is 0 Å². The quantitative estimate of drug-likeness (QED) is 0.768. The van der Waals surface area contributed by atoms with Gasteiger partial charge in [-0.3, -0.25) is 4.79 Å². The highest BCUT2D eigenvalue weighted by molar-refractivity contribution is 5.79. The second-order valence-electron chi connectivity index (χ2n) is 4.16. The van der Waals surface area contributed by atoms with Gasteiger partial charge in [0.15, 0.2) is 0 Å². The Labute approximate surface area is 106 Å². The molecule has 1 aliphatic rings. The first-order valence-electron chi connectivity index (χ1n) is 5.85. The molecule has 96 valence electrons. The molecule has 18 heavy (non-hydrogen) atoms. The molecule has 0 aliphatic carbocycles. The first kappa shape index (κ1) is 12.5. The van der Waals surface area contributed by atoms with Crippen LogP contribution in [-0.4, -0.2) is 12.9 Å². The van der Waals surface area contributed by atoms with Crippen molar-refractivity contribution in [3.8, 4) is 5.75 Å². The summed E-state index contributed by atoms with van der Waals surface area (Å²) in [6.45, 7) is 6.07. The summed E-state index contributed by atoms with van der Waals surface area (Å²) in [6, 6.07) is 3.55. The van der Waals surface area contributed by atoms with Gasteiger partial charge in [0.05, 0.1) is 12.2 Å². The lowest BCUT2D eigenvalue weighted by molar-refractivity contribution is -0.134. The van der Waals surface area contributed by atoms with E-state index in [4.69, 9.17) is 14.2 Å². The minimum Gasteiger partial charge on any atom is -0.493 e. The lowest BCUT2D eigenvalue weighted by atomic mass is 9.99. The molecule has 0 fully saturated rings. The Balaban J connectivity index is 2.53. The van der Waals surface area contributed by atoms with Crippen molar-refractivity contribution in [1.29, 1.82) is 0 Å². The Morgan fingerprint density at radius 2 is 2.00 bits per heavy atom. The fraction of sp³-hybridized carbons (Fsp3) is 0.357. The van der Waals surface area contributed by atoms with Crippen LogP contribution in [0.25, 0.3) is 0 Å². The van der Waals surface area contributed by atoms with Gasteiger partial charge in [0, 0.05) is 18.1 Å². The average Bonchev–Trinajstić information content (AvgIpc) is 2.80. The monoisotopic (exact) mass is 248 g/mol. The fourth-order valence-corrected chi connectivity index (χ4v) is 1.99. The maximum Gasteiger partial charge on any atom is 0.277 e. The summed E-state index contributed by atoms with van der Waals surface area (Å²) in [4.78, 5) is 11.0. The fourth-order valence-electron chi connectivity index (χ4n) is 1.99. The van der Waals surface area contributed by atoms with Gasteiger partial charge in [-0.25, -0.2) is 0 Å². The summed E-state index contributed by atoms with van der Waals surface area (Å²) in [7, 11) is 0. The zero-order valence-corrected chi connectivity index (χ0v) is 10.7. The number of aldehydes is 1. The van der Waals surface area contributed by atoms with Crippen molar-refractivity contribution in [2.45, 2.75) is 26.6 Å². The van der Waals surface area contributed by atoms with Crippen LogP contribution in [0.2, 0.25) is 0 Å². The number of hydrogen-bond acceptors (Lipinski definition) is 4. The number of hydrogen-bond donors (Lipinski definition) is 0. The third kappa shape index (κ3) is 1.94. The maximum absolute atomic E-state index is 11.0. The summed E-state index contributed by atoms with van der Waals surface area (Å²) in [5.41, 5.74) is 2.18. The topological polar surface area (TPSA) is 44.8 Å². The van der Waals surface area contributed by atoms with Crippen molar-refractivity contribution in [3.05, 3.63) is 41.3 Å². The summed E-state index contributed by atoms with van der Waals surface area (Å²) in [6.07, 6.45) is 3.82. The van der Waals surface area contributed by atoms with Crippen LogP contribution in [-0.2, 0) is 15.3 Å². The molecular formula is C14H16O4. The van der Waals surface area contributed by atoms with Gasteiger partial charge in [0.1, 0.15) is 24.6 Å². The molecule has 0 bridgehead atoms. The van der Waals surface area contributed by atoms with Crippen molar-refractivity contribution in [1.82, 2.24) is 0 Å². The Morgan fingerprint density at radius 1 is 1.33 bits per heavy atom. The SMILES string of the molecule is CCOc1c(C2(C)OC=CO2)ccc(C=O)c1C. The molecule has 0 radical (unpaired) electrons. The van der Waals surface area contributed by atoms with Gasteiger partial charge in [-0.1, -0.05) is 6.07 Å². The largest absolute Gasteiger partial charge is 0.493 e. The smallest absolute Gasteiger partial charge is 0.277 e. The average molecular weight is 248 g/mol. The van der Waals surface area contributed by atoms with Gasteiger partial charge < -0.3 is 14.2 Å². The molecule has 0 saturated heterocycles. The highest BCUT2D eigenvalue weighted by Crippen LogP contribution is 2.39. The molecule has 0 amide bonds. The summed E-state index contributed by atoms with van der Waals surface area (Å²) in [5, 5.41) is 0. The van der Waals surface area contributed by atoms with Crippen molar-refractivity contribution in [2.24, 2.45) is 0 Å². The summed E-state index contributed by atoms with van der Waals surface area (Å²) >= 11 is 0. The van der Waals surface area contributed by atoms with E-state index in [1.807, 2.05) is 20.8 Å². The third-order valence-electron chi connectivity index (χ3n) is 2.99. The van der Waals surface area contributed by atoms with Crippen molar-refractivity contribution in [3.63, 3.8) is 0 Å². The van der Waals surface area contributed by atoms with Crippen LogP contribution in [0.5, 0.6) is 5.75 Å². The first-order valence-corrected chi connectivity index (χ1v) is 5.85. The van der Waals surface area contributed by atoms with E-state index < -0.39 is 5.79 Å². The third-order valence-corrected chi connectivity index (χ3v) is 2.99. The maximum atomic E-state index is 11.0. The van der Waals surface area contributed by atoms with Crippen LogP contribution < -0.4 is 4.74 Å². The van der Waals surface area contributed by atoms with E-state index in [0.29, 0.717) is 17.9 Å². The number of carbonyl (C=O) groups excluding carboxylic acids is 1. The van der Waals surface area contributed by atoms with Crippen LogP contribution in [0, 0.1) is 6.92 Å². The molecular weight excluding hydrogens is 232 g/mol. The molecule has 2 rings (SSSR count). The van der Waals surface area contributed by atoms with Gasteiger partial charge in [-0.2, -0.15) is 0 Å². The van der Waals surface area contributed by atoms with Gasteiger partial charge in [0.25, 0.3) is 5.79 Å². The van der Waals surface area contributed by atoms with E-state index >= 15 is 0 Å². The van der Waals surface area contributed by atoms with Gasteiger partial charge in [-0.15, -0.1) is 0 Å². The Hall–Kier alpha value is -1.97. The number of carbonyl (C=O) groups is 1. The summed E-state index contributed by atoms with van der Waals surface area (Å²) in [5.74, 6) is -0.246. The van der Waals surface area contributed by atoms with E-state index in [9.17, 15) is 4.79 Å². The zero-order chi connectivity index (χ0) is 13.2. The normalized spacial score (nSPS) is 15.9. The predicted molar refractivity (Wildman–Crippen MR) is 66.4 cm³/mol. The van der Waals surface area contributed by atoms with Gasteiger partial charge in [-0.05, 0) is 19.9 Å². The van der Waals surface area contributed by atoms with Gasteiger partial charge >= 0.3 is 0 Å². The Bertz CT molecular complexity index is 483. The lowest BCUT2D eigenvalue weighted by Crippen LogP contribution is -2.24. The molecule has 0 N–H and O–H groups in total. The molecule has 1 heterocycles. The molecule has 0 aromatic heterocycles. The predicted octanol–water partition coefficient (Wildman–Crippen LogP) is 2.90. The first-order chi connectivity index (χ1) is 8.62. The van der Waals surface area contributed by atoms with Crippen LogP contribution in [0.4, 0.5) is 0 Å². The van der Waals surface area contributed by atoms with Crippen molar-refractivity contribution >= 4 is 6.29 Å². The minimum atomic E-state index is -0.892. The molecule has 1 aromatic carbocycles. The standard InChI is InChI=1S/C14H16O4/c1-4-16-13-10(2)11(9-15)5-6-12(13)14(3)17-7-8-18-14/h5-9H,4H2,1-3H3. The lowest BCUT2D eigenvalue weighted by Gasteiger charge is -2.26. The molecule has 4 nitrogen and oxygen atoms in total. The second kappa shape index (κ2) is 4.72. The van der Waals surface area contributed by atoms with E-state index in [0.717, 1.165) is 17.4 Å². The van der Waals surface area contributed by atoms with Crippen LogP contribution in [0.15, 0.2) is 24.7 Å². The Kier molecular flexibility index (Phi) is 3.28. The van der Waals surface area contributed by atoms with E-state index in [1.54, 1.807) is 12.1 Å². The van der Waals surface area contributed by atoms with Crippen LogP contribution in [0.1, 0.15) is 35.3 Å². The molecule has 1 aliphatic heterocycles. The minimum absolute atomic E-state index is 0.514. The molecule has 0 atom stereocenters. The molecule has 0 saturated carbocycles. The van der Waals surface area contributed by atoms with E-state index in [1.165, 1.54) is 12.5 Å². The number of rotatable bonds is 4. The molecule has 4 heteroatoms.